The molecule has 4 heterocycles. The van der Waals surface area contributed by atoms with Gasteiger partial charge in [-0.3, -0.25) is 13.9 Å². The largest absolute Gasteiger partial charge is 0.467 e. The van der Waals surface area contributed by atoms with Gasteiger partial charge in [0.05, 0.1) is 17.7 Å². The maximum atomic E-state index is 12.8. The first-order chi connectivity index (χ1) is 15.8. The van der Waals surface area contributed by atoms with Crippen molar-refractivity contribution in [2.75, 3.05) is 10.7 Å². The first-order valence-electron chi connectivity index (χ1n) is 10.0. The van der Waals surface area contributed by atoms with Crippen LogP contribution in [0, 0.1) is 0 Å². The number of anilines is 2. The zero-order chi connectivity index (χ0) is 23.3. The molecule has 4 aromatic rings. The van der Waals surface area contributed by atoms with Crippen LogP contribution in [0.2, 0.25) is 5.02 Å². The van der Waals surface area contributed by atoms with Gasteiger partial charge in [0, 0.05) is 30.9 Å². The zero-order valence-electron chi connectivity index (χ0n) is 17.7. The number of thiazole rings is 1. The summed E-state index contributed by atoms with van der Waals surface area (Å²) >= 11 is 7.37. The molecule has 9 nitrogen and oxygen atoms in total. The predicted octanol–water partition coefficient (Wildman–Crippen LogP) is 3.39. The van der Waals surface area contributed by atoms with Gasteiger partial charge in [0.25, 0.3) is 5.56 Å². The van der Waals surface area contributed by atoms with Gasteiger partial charge in [-0.25, -0.2) is 14.8 Å². The van der Waals surface area contributed by atoms with E-state index < -0.39 is 11.2 Å². The van der Waals surface area contributed by atoms with Crippen molar-refractivity contribution in [3.05, 3.63) is 85.2 Å². The highest BCUT2D eigenvalue weighted by Crippen LogP contribution is 2.39. The molecule has 3 aromatic heterocycles. The molecule has 0 unspecified atom stereocenters. The molecule has 2 N–H and O–H groups in total. The second-order valence-corrected chi connectivity index (χ2v) is 8.89. The van der Waals surface area contributed by atoms with Crippen LogP contribution >= 0.6 is 22.9 Å². The van der Waals surface area contributed by atoms with E-state index in [9.17, 15) is 9.59 Å². The van der Waals surface area contributed by atoms with E-state index in [-0.39, 0.29) is 17.4 Å². The summed E-state index contributed by atoms with van der Waals surface area (Å²) in [6, 6.07) is 11.0. The molecule has 0 bridgehead atoms. The van der Waals surface area contributed by atoms with Crippen LogP contribution in [0.3, 0.4) is 0 Å². The van der Waals surface area contributed by atoms with Crippen molar-refractivity contribution in [1.82, 2.24) is 14.1 Å². The molecule has 1 aliphatic heterocycles. The fraction of sp³-hybridized carbons (Fsp3) is 0.182. The first-order valence-corrected chi connectivity index (χ1v) is 11.3. The quantitative estimate of drug-likeness (QED) is 0.477. The van der Waals surface area contributed by atoms with E-state index in [1.165, 1.54) is 30.0 Å². The molecule has 0 fully saturated rings. The number of hydrazone groups is 1. The summed E-state index contributed by atoms with van der Waals surface area (Å²) in [5.41, 5.74) is 7.50. The highest BCUT2D eigenvalue weighted by Gasteiger charge is 2.34. The number of halogens is 1. The Kier molecular flexibility index (Phi) is 5.18. The molecule has 0 aliphatic carbocycles. The second-order valence-electron chi connectivity index (χ2n) is 7.61. The van der Waals surface area contributed by atoms with E-state index in [0.717, 1.165) is 21.6 Å². The third kappa shape index (κ3) is 3.57. The highest BCUT2D eigenvalue weighted by molar-refractivity contribution is 7.14. The molecule has 0 radical (unpaired) electrons. The first kappa shape index (κ1) is 21.2. The smallest absolute Gasteiger partial charge is 0.332 e. The summed E-state index contributed by atoms with van der Waals surface area (Å²) in [6.07, 6.45) is 2.23. The summed E-state index contributed by atoms with van der Waals surface area (Å²) in [6.45, 7) is 0. The Hall–Kier alpha value is -3.63. The van der Waals surface area contributed by atoms with Crippen molar-refractivity contribution in [3.8, 4) is 11.3 Å². The van der Waals surface area contributed by atoms with Crippen molar-refractivity contribution in [3.63, 3.8) is 0 Å². The number of rotatable bonds is 4. The van der Waals surface area contributed by atoms with Gasteiger partial charge >= 0.3 is 5.69 Å². The van der Waals surface area contributed by atoms with Crippen molar-refractivity contribution in [1.29, 1.82) is 0 Å². The maximum absolute atomic E-state index is 12.8. The molecule has 33 heavy (non-hydrogen) atoms. The number of furan rings is 1. The molecule has 0 amide bonds. The minimum atomic E-state index is -0.498. The number of benzene rings is 1. The van der Waals surface area contributed by atoms with E-state index in [2.05, 4.69) is 4.98 Å². The monoisotopic (exact) mass is 482 g/mol. The lowest BCUT2D eigenvalue weighted by Crippen LogP contribution is -2.39. The van der Waals surface area contributed by atoms with Gasteiger partial charge in [-0.1, -0.05) is 23.7 Å². The van der Waals surface area contributed by atoms with Crippen molar-refractivity contribution < 1.29 is 4.42 Å². The van der Waals surface area contributed by atoms with Gasteiger partial charge < -0.3 is 10.2 Å². The molecular formula is C22H19ClN6O3S. The van der Waals surface area contributed by atoms with E-state index in [0.29, 0.717) is 22.3 Å². The number of hydrogen-bond donors (Lipinski definition) is 1. The molecule has 1 atom stereocenters. The SMILES string of the molecule is Cn1c(N)c(-c2csc(N3N=C(c4ccc(Cl)cc4)C[C@@H]3c3ccco3)n2)c(=O)n(C)c1=O. The van der Waals surface area contributed by atoms with Gasteiger partial charge in [0.2, 0.25) is 5.13 Å². The summed E-state index contributed by atoms with van der Waals surface area (Å²) < 4.78 is 7.92. The van der Waals surface area contributed by atoms with Gasteiger partial charge in [-0.05, 0) is 29.8 Å². The summed E-state index contributed by atoms with van der Waals surface area (Å²) in [5.74, 6) is 0.811. The lowest BCUT2D eigenvalue weighted by molar-refractivity contribution is 0.465. The third-order valence-electron chi connectivity index (χ3n) is 5.61. The van der Waals surface area contributed by atoms with Crippen LogP contribution in [-0.2, 0) is 14.1 Å². The van der Waals surface area contributed by atoms with Crippen LogP contribution in [0.4, 0.5) is 10.9 Å². The van der Waals surface area contributed by atoms with Gasteiger partial charge in [-0.15, -0.1) is 11.3 Å². The van der Waals surface area contributed by atoms with E-state index in [1.807, 2.05) is 36.4 Å². The highest BCUT2D eigenvalue weighted by atomic mass is 35.5. The topological polar surface area (TPSA) is 112 Å². The molecular weight excluding hydrogens is 464 g/mol. The summed E-state index contributed by atoms with van der Waals surface area (Å²) in [4.78, 5) is 29.6. The van der Waals surface area contributed by atoms with Crippen molar-refractivity contribution in [2.24, 2.45) is 19.2 Å². The Balaban J connectivity index is 1.59. The Labute approximate surface area is 197 Å². The molecule has 0 spiro atoms. The lowest BCUT2D eigenvalue weighted by Gasteiger charge is -2.18. The molecule has 1 aromatic carbocycles. The molecule has 168 valence electrons. The fourth-order valence-corrected chi connectivity index (χ4v) is 4.73. The normalized spacial score (nSPS) is 15.8. The van der Waals surface area contributed by atoms with E-state index in [1.54, 1.807) is 16.7 Å². The molecule has 0 saturated heterocycles. The minimum absolute atomic E-state index is 0.0642. The van der Waals surface area contributed by atoms with E-state index >= 15 is 0 Å². The standard InChI is InChI=1S/C22H19ClN6O3S/c1-27-19(24)18(20(30)28(2)22(27)31)15-11-33-21(25-15)29-16(17-4-3-9-32-17)10-14(26-29)12-5-7-13(23)8-6-12/h3-9,11,16H,10,24H2,1-2H3/t16-/m1/s1. The van der Waals surface area contributed by atoms with Gasteiger partial charge in [-0.2, -0.15) is 5.10 Å². The molecule has 11 heteroatoms. The van der Waals surface area contributed by atoms with Crippen LogP contribution in [0.1, 0.15) is 23.8 Å². The predicted molar refractivity (Wildman–Crippen MR) is 129 cm³/mol. The molecule has 5 rings (SSSR count). The van der Waals surface area contributed by atoms with Crippen molar-refractivity contribution >= 4 is 39.6 Å². The minimum Gasteiger partial charge on any atom is -0.467 e. The Morgan fingerprint density at radius 3 is 2.61 bits per heavy atom. The number of nitrogens with zero attached hydrogens (tertiary/aromatic N) is 5. The van der Waals surface area contributed by atoms with Crippen LogP contribution in [0.5, 0.6) is 0 Å². The summed E-state index contributed by atoms with van der Waals surface area (Å²) in [5, 5.41) is 9.58. The van der Waals surface area contributed by atoms with Crippen LogP contribution in [0.25, 0.3) is 11.3 Å². The van der Waals surface area contributed by atoms with Crippen LogP contribution in [-0.4, -0.2) is 19.8 Å². The van der Waals surface area contributed by atoms with Crippen LogP contribution in [0.15, 0.2) is 67.1 Å². The van der Waals surface area contributed by atoms with Gasteiger partial charge in [0.1, 0.15) is 23.2 Å². The zero-order valence-corrected chi connectivity index (χ0v) is 19.3. The average molecular weight is 483 g/mol. The number of nitrogen functional groups attached to an aromatic ring is 1. The van der Waals surface area contributed by atoms with Crippen molar-refractivity contribution in [2.45, 2.75) is 12.5 Å². The average Bonchev–Trinajstić information content (AvgIpc) is 3.57. The number of nitrogens with two attached hydrogens (primary N) is 1. The molecule has 0 saturated carbocycles. The Morgan fingerprint density at radius 2 is 1.91 bits per heavy atom. The fourth-order valence-electron chi connectivity index (χ4n) is 3.79. The van der Waals surface area contributed by atoms with Crippen LogP contribution < -0.4 is 22.0 Å². The Bertz CT molecular complexity index is 1480. The Morgan fingerprint density at radius 1 is 1.15 bits per heavy atom. The number of hydrogen-bond acceptors (Lipinski definition) is 8. The summed E-state index contributed by atoms with van der Waals surface area (Å²) in [7, 11) is 2.93. The van der Waals surface area contributed by atoms with E-state index in [4.69, 9.17) is 26.9 Å². The lowest BCUT2D eigenvalue weighted by atomic mass is 10.0. The maximum Gasteiger partial charge on any atom is 0.332 e. The second kappa shape index (κ2) is 8.05. The third-order valence-corrected chi connectivity index (χ3v) is 6.70. The number of aromatic nitrogens is 3. The molecule has 1 aliphatic rings. The van der Waals surface area contributed by atoms with Gasteiger partial charge in [0.15, 0.2) is 0 Å².